The predicted octanol–water partition coefficient (Wildman–Crippen LogP) is 4.30. The topological polar surface area (TPSA) is 65.6 Å². The van der Waals surface area contributed by atoms with Gasteiger partial charge in [0.05, 0.1) is 19.1 Å². The Bertz CT molecular complexity index is 1090. The Morgan fingerprint density at radius 1 is 1.30 bits per heavy atom. The molecule has 0 spiro atoms. The van der Waals surface area contributed by atoms with E-state index in [0.29, 0.717) is 12.1 Å². The monoisotopic (exact) mass is 414 g/mol. The van der Waals surface area contributed by atoms with Crippen LogP contribution in [0, 0.1) is 17.6 Å². The molecule has 7 heteroatoms. The Kier molecular flexibility index (Phi) is 5.24. The molecule has 4 rings (SSSR count). The van der Waals surface area contributed by atoms with E-state index < -0.39 is 29.3 Å². The third-order valence-corrected chi connectivity index (χ3v) is 5.94. The second-order valence-corrected chi connectivity index (χ2v) is 7.96. The SMILES string of the molecule is COC(=O)[C@@H](C)CN1[C@H](c2c(F)cc(O)cc2F)c2[nH]c3ccccc3c2C[C@H]1C. The average molecular weight is 414 g/mol. The number of aromatic nitrogens is 1. The highest BCUT2D eigenvalue weighted by atomic mass is 19.1. The van der Waals surface area contributed by atoms with E-state index in [0.717, 1.165) is 28.6 Å². The molecule has 30 heavy (non-hydrogen) atoms. The quantitative estimate of drug-likeness (QED) is 0.625. The number of phenols is 1. The van der Waals surface area contributed by atoms with Crippen LogP contribution in [-0.2, 0) is 16.0 Å². The maximum atomic E-state index is 15.0. The van der Waals surface area contributed by atoms with Crippen molar-refractivity contribution in [2.45, 2.75) is 32.4 Å². The molecule has 2 aromatic carbocycles. The first kappa shape index (κ1) is 20.3. The Hall–Kier alpha value is -2.93. The number of ether oxygens (including phenoxy) is 1. The summed E-state index contributed by atoms with van der Waals surface area (Å²) in [7, 11) is 1.32. The summed E-state index contributed by atoms with van der Waals surface area (Å²) in [4.78, 5) is 17.3. The lowest BCUT2D eigenvalue weighted by Gasteiger charge is -2.42. The summed E-state index contributed by atoms with van der Waals surface area (Å²) in [5, 5.41) is 10.6. The van der Waals surface area contributed by atoms with Crippen molar-refractivity contribution >= 4 is 16.9 Å². The molecule has 3 atom stereocenters. The minimum atomic E-state index is -0.827. The Balaban J connectivity index is 1.91. The molecular formula is C23H24F2N2O3. The van der Waals surface area contributed by atoms with Gasteiger partial charge in [0.2, 0.25) is 0 Å². The van der Waals surface area contributed by atoms with Gasteiger partial charge in [0, 0.05) is 46.9 Å². The van der Waals surface area contributed by atoms with E-state index in [1.807, 2.05) is 36.1 Å². The number of hydrogen-bond acceptors (Lipinski definition) is 4. The predicted molar refractivity (Wildman–Crippen MR) is 109 cm³/mol. The van der Waals surface area contributed by atoms with Crippen molar-refractivity contribution in [3.8, 4) is 5.75 Å². The number of phenolic OH excluding ortho intramolecular Hbond substituents is 1. The zero-order valence-corrected chi connectivity index (χ0v) is 17.1. The molecular weight excluding hydrogens is 390 g/mol. The summed E-state index contributed by atoms with van der Waals surface area (Å²) in [5.74, 6) is -2.98. The molecule has 0 amide bonds. The first-order valence-corrected chi connectivity index (χ1v) is 9.92. The Labute approximate surface area is 173 Å². The minimum Gasteiger partial charge on any atom is -0.508 e. The molecule has 1 aliphatic heterocycles. The van der Waals surface area contributed by atoms with Gasteiger partial charge < -0.3 is 14.8 Å². The van der Waals surface area contributed by atoms with Crippen LogP contribution in [0.15, 0.2) is 36.4 Å². The van der Waals surface area contributed by atoms with Crippen LogP contribution in [0.1, 0.15) is 36.7 Å². The van der Waals surface area contributed by atoms with E-state index in [4.69, 9.17) is 4.74 Å². The van der Waals surface area contributed by atoms with Crippen molar-refractivity contribution in [3.05, 3.63) is 64.9 Å². The van der Waals surface area contributed by atoms with Gasteiger partial charge in [-0.15, -0.1) is 0 Å². The van der Waals surface area contributed by atoms with Gasteiger partial charge >= 0.3 is 5.97 Å². The first-order chi connectivity index (χ1) is 14.3. The molecule has 158 valence electrons. The number of carbonyl (C=O) groups excluding carboxylic acids is 1. The van der Waals surface area contributed by atoms with Crippen LogP contribution in [0.5, 0.6) is 5.75 Å². The van der Waals surface area contributed by atoms with Gasteiger partial charge in [-0.1, -0.05) is 25.1 Å². The van der Waals surface area contributed by atoms with Gasteiger partial charge in [0.1, 0.15) is 17.4 Å². The third-order valence-electron chi connectivity index (χ3n) is 5.94. The van der Waals surface area contributed by atoms with Crippen molar-refractivity contribution < 1.29 is 23.4 Å². The maximum Gasteiger partial charge on any atom is 0.309 e. The van der Waals surface area contributed by atoms with Crippen LogP contribution in [0.3, 0.4) is 0 Å². The van der Waals surface area contributed by atoms with Gasteiger partial charge in [-0.3, -0.25) is 9.69 Å². The van der Waals surface area contributed by atoms with Crippen LogP contribution in [-0.4, -0.2) is 40.7 Å². The average Bonchev–Trinajstić information content (AvgIpc) is 3.06. The fraction of sp³-hybridized carbons (Fsp3) is 0.348. The summed E-state index contributed by atoms with van der Waals surface area (Å²) in [5.41, 5.74) is 2.46. The molecule has 0 fully saturated rings. The highest BCUT2D eigenvalue weighted by Crippen LogP contribution is 2.43. The molecule has 0 radical (unpaired) electrons. The van der Waals surface area contributed by atoms with Crippen LogP contribution in [0.2, 0.25) is 0 Å². The molecule has 3 aromatic rings. The molecule has 0 aliphatic carbocycles. The number of rotatable bonds is 4. The first-order valence-electron chi connectivity index (χ1n) is 9.92. The summed E-state index contributed by atoms with van der Waals surface area (Å²) in [6.45, 7) is 3.99. The molecule has 1 aromatic heterocycles. The largest absolute Gasteiger partial charge is 0.508 e. The van der Waals surface area contributed by atoms with E-state index in [1.165, 1.54) is 7.11 Å². The van der Waals surface area contributed by atoms with Gasteiger partial charge in [0.15, 0.2) is 0 Å². The van der Waals surface area contributed by atoms with E-state index >= 15 is 0 Å². The van der Waals surface area contributed by atoms with E-state index in [9.17, 15) is 18.7 Å². The lowest BCUT2D eigenvalue weighted by molar-refractivity contribution is -0.145. The molecule has 0 unspecified atom stereocenters. The number of H-pyrrole nitrogens is 1. The fourth-order valence-corrected chi connectivity index (χ4v) is 4.53. The maximum absolute atomic E-state index is 15.0. The number of benzene rings is 2. The van der Waals surface area contributed by atoms with Gasteiger partial charge in [-0.25, -0.2) is 8.78 Å². The molecule has 0 saturated heterocycles. The Morgan fingerprint density at radius 2 is 1.97 bits per heavy atom. The van der Waals surface area contributed by atoms with Crippen molar-refractivity contribution in [2.75, 3.05) is 13.7 Å². The van der Waals surface area contributed by atoms with E-state index in [2.05, 4.69) is 4.98 Å². The fourth-order valence-electron chi connectivity index (χ4n) is 4.53. The summed E-state index contributed by atoms with van der Waals surface area (Å²) >= 11 is 0. The van der Waals surface area contributed by atoms with E-state index in [-0.39, 0.29) is 24.1 Å². The van der Waals surface area contributed by atoms with E-state index in [1.54, 1.807) is 6.92 Å². The number of carbonyl (C=O) groups is 1. The number of methoxy groups -OCH3 is 1. The molecule has 0 saturated carbocycles. The van der Waals surface area contributed by atoms with Crippen LogP contribution < -0.4 is 0 Å². The Morgan fingerprint density at radius 3 is 2.63 bits per heavy atom. The normalized spacial score (nSPS) is 20.2. The highest BCUT2D eigenvalue weighted by molar-refractivity contribution is 5.85. The number of hydrogen-bond donors (Lipinski definition) is 2. The number of nitrogens with zero attached hydrogens (tertiary/aromatic N) is 1. The molecule has 2 heterocycles. The lowest BCUT2D eigenvalue weighted by atomic mass is 9.87. The van der Waals surface area contributed by atoms with Crippen LogP contribution >= 0.6 is 0 Å². The highest BCUT2D eigenvalue weighted by Gasteiger charge is 2.40. The van der Waals surface area contributed by atoms with Gasteiger partial charge in [0.25, 0.3) is 0 Å². The van der Waals surface area contributed by atoms with Gasteiger partial charge in [-0.2, -0.15) is 0 Å². The number of esters is 1. The molecule has 1 aliphatic rings. The second-order valence-electron chi connectivity index (χ2n) is 7.96. The summed E-state index contributed by atoms with van der Waals surface area (Å²) in [6.07, 6.45) is 0.672. The van der Waals surface area contributed by atoms with Crippen LogP contribution in [0.25, 0.3) is 10.9 Å². The standard InChI is InChI=1S/C23H24F2N2O3/c1-12(23(29)30-3)11-27-13(2)8-16-15-6-4-5-7-19(15)26-21(16)22(27)20-17(24)9-14(28)10-18(20)25/h4-7,9-10,12-13,22,26,28H,8,11H2,1-3H3/t12-,13+,22+/m0/s1. The summed E-state index contributed by atoms with van der Waals surface area (Å²) < 4.78 is 34.8. The smallest absolute Gasteiger partial charge is 0.309 e. The zero-order valence-electron chi connectivity index (χ0n) is 17.1. The van der Waals surface area contributed by atoms with Crippen molar-refractivity contribution in [1.29, 1.82) is 0 Å². The van der Waals surface area contributed by atoms with Crippen molar-refractivity contribution in [3.63, 3.8) is 0 Å². The lowest BCUT2D eigenvalue weighted by Crippen LogP contribution is -2.46. The summed E-state index contributed by atoms with van der Waals surface area (Å²) in [6, 6.07) is 8.74. The number of fused-ring (bicyclic) bond motifs is 3. The van der Waals surface area contributed by atoms with Gasteiger partial charge in [-0.05, 0) is 25.0 Å². The third kappa shape index (κ3) is 3.33. The molecule has 0 bridgehead atoms. The zero-order chi connectivity index (χ0) is 21.6. The number of halogens is 2. The van der Waals surface area contributed by atoms with Crippen molar-refractivity contribution in [1.82, 2.24) is 9.88 Å². The van der Waals surface area contributed by atoms with Crippen LogP contribution in [0.4, 0.5) is 8.78 Å². The number of para-hydroxylation sites is 1. The molecule has 2 N–H and O–H groups in total. The van der Waals surface area contributed by atoms with Crippen molar-refractivity contribution in [2.24, 2.45) is 5.92 Å². The minimum absolute atomic E-state index is 0.0820. The number of aromatic hydroxyl groups is 1. The second kappa shape index (κ2) is 7.72. The number of nitrogens with one attached hydrogen (secondary N) is 1. The molecule has 5 nitrogen and oxygen atoms in total. The number of aromatic amines is 1.